The van der Waals surface area contributed by atoms with Gasteiger partial charge in [0.1, 0.15) is 11.6 Å². The molecule has 0 spiro atoms. The van der Waals surface area contributed by atoms with Crippen LogP contribution in [0.4, 0.5) is 11.5 Å². The van der Waals surface area contributed by atoms with Crippen LogP contribution in [0.25, 0.3) is 27.8 Å². The molecule has 27 heavy (non-hydrogen) atoms. The highest BCUT2D eigenvalue weighted by molar-refractivity contribution is 5.95. The van der Waals surface area contributed by atoms with Gasteiger partial charge in [-0.15, -0.1) is 10.2 Å². The summed E-state index contributed by atoms with van der Waals surface area (Å²) in [5, 5.41) is 12.8. The molecule has 2 aromatic carbocycles. The molecule has 0 saturated heterocycles. The van der Waals surface area contributed by atoms with Gasteiger partial charge in [-0.3, -0.25) is 9.38 Å². The fraction of sp³-hybridized carbons (Fsp3) is 0.0476. The van der Waals surface area contributed by atoms with Gasteiger partial charge >= 0.3 is 0 Å². The molecule has 0 aliphatic heterocycles. The standard InChI is InChI=1S/C21H16N6/c1-14-25-26-21-24-20(23-17-5-3-2-4-6-17)18-13-16(7-8-19(18)27(14)21)15-9-11-22-12-10-15/h2-13H,1H3,(H,23,24,26). The summed E-state index contributed by atoms with van der Waals surface area (Å²) in [6.45, 7) is 1.93. The van der Waals surface area contributed by atoms with E-state index in [1.165, 1.54) is 0 Å². The zero-order valence-corrected chi connectivity index (χ0v) is 14.7. The summed E-state index contributed by atoms with van der Waals surface area (Å²) in [4.78, 5) is 8.83. The maximum absolute atomic E-state index is 4.72. The van der Waals surface area contributed by atoms with Crippen molar-refractivity contribution < 1.29 is 0 Å². The van der Waals surface area contributed by atoms with Gasteiger partial charge in [0, 0.05) is 23.5 Å². The van der Waals surface area contributed by atoms with E-state index in [4.69, 9.17) is 4.98 Å². The number of aromatic nitrogens is 5. The molecule has 0 amide bonds. The van der Waals surface area contributed by atoms with Crippen LogP contribution in [-0.2, 0) is 0 Å². The molecule has 0 aliphatic carbocycles. The van der Waals surface area contributed by atoms with Gasteiger partial charge in [-0.25, -0.2) is 0 Å². The van der Waals surface area contributed by atoms with Crippen molar-refractivity contribution in [3.05, 3.63) is 78.9 Å². The van der Waals surface area contributed by atoms with E-state index in [0.29, 0.717) is 5.78 Å². The molecule has 6 nitrogen and oxygen atoms in total. The Balaban J connectivity index is 1.77. The van der Waals surface area contributed by atoms with Crippen molar-refractivity contribution >= 4 is 28.2 Å². The fourth-order valence-corrected chi connectivity index (χ4v) is 3.26. The second-order valence-corrected chi connectivity index (χ2v) is 6.30. The van der Waals surface area contributed by atoms with E-state index >= 15 is 0 Å². The second-order valence-electron chi connectivity index (χ2n) is 6.30. The zero-order chi connectivity index (χ0) is 18.2. The normalized spacial score (nSPS) is 11.1. The maximum Gasteiger partial charge on any atom is 0.257 e. The maximum atomic E-state index is 4.72. The second kappa shape index (κ2) is 6.17. The summed E-state index contributed by atoms with van der Waals surface area (Å²) in [6.07, 6.45) is 3.60. The third-order valence-corrected chi connectivity index (χ3v) is 4.56. The van der Waals surface area contributed by atoms with Crippen molar-refractivity contribution in [1.82, 2.24) is 24.6 Å². The van der Waals surface area contributed by atoms with E-state index in [2.05, 4.69) is 38.7 Å². The number of nitrogens with one attached hydrogen (secondary N) is 1. The molecule has 0 fully saturated rings. The van der Waals surface area contributed by atoms with Crippen LogP contribution in [-0.4, -0.2) is 24.6 Å². The number of hydrogen-bond donors (Lipinski definition) is 1. The minimum absolute atomic E-state index is 0.579. The van der Waals surface area contributed by atoms with Gasteiger partial charge in [0.15, 0.2) is 0 Å². The predicted octanol–water partition coefficient (Wildman–Crippen LogP) is 4.39. The molecule has 0 atom stereocenters. The van der Waals surface area contributed by atoms with E-state index in [0.717, 1.165) is 39.4 Å². The molecule has 5 aromatic rings. The molecule has 0 bridgehead atoms. The van der Waals surface area contributed by atoms with Crippen LogP contribution < -0.4 is 5.32 Å². The monoisotopic (exact) mass is 352 g/mol. The molecular weight excluding hydrogens is 336 g/mol. The van der Waals surface area contributed by atoms with E-state index in [-0.39, 0.29) is 0 Å². The van der Waals surface area contributed by atoms with Crippen LogP contribution in [0.2, 0.25) is 0 Å². The summed E-state index contributed by atoms with van der Waals surface area (Å²) in [6, 6.07) is 20.3. The van der Waals surface area contributed by atoms with Crippen LogP contribution in [0.15, 0.2) is 73.1 Å². The Labute approximate surface area is 155 Å². The van der Waals surface area contributed by atoms with Gasteiger partial charge < -0.3 is 5.32 Å². The smallest absolute Gasteiger partial charge is 0.257 e. The van der Waals surface area contributed by atoms with E-state index in [1.54, 1.807) is 12.4 Å². The number of nitrogens with zero attached hydrogens (tertiary/aromatic N) is 5. The first-order valence-corrected chi connectivity index (χ1v) is 8.67. The Bertz CT molecular complexity index is 1250. The molecule has 3 aromatic heterocycles. The third-order valence-electron chi connectivity index (χ3n) is 4.56. The highest BCUT2D eigenvalue weighted by Gasteiger charge is 2.13. The number of benzene rings is 2. The summed E-state index contributed by atoms with van der Waals surface area (Å²) in [5.74, 6) is 2.15. The first-order valence-electron chi connectivity index (χ1n) is 8.67. The first-order chi connectivity index (χ1) is 13.3. The summed E-state index contributed by atoms with van der Waals surface area (Å²) >= 11 is 0. The van der Waals surface area contributed by atoms with Crippen LogP contribution in [0.3, 0.4) is 0 Å². The Morgan fingerprint density at radius 1 is 0.852 bits per heavy atom. The third kappa shape index (κ3) is 2.67. The minimum atomic E-state index is 0.579. The van der Waals surface area contributed by atoms with Crippen molar-refractivity contribution in [1.29, 1.82) is 0 Å². The Morgan fingerprint density at radius 3 is 2.48 bits per heavy atom. The van der Waals surface area contributed by atoms with Crippen molar-refractivity contribution in [2.24, 2.45) is 0 Å². The zero-order valence-electron chi connectivity index (χ0n) is 14.7. The average Bonchev–Trinajstić information content (AvgIpc) is 3.10. The van der Waals surface area contributed by atoms with Gasteiger partial charge in [-0.1, -0.05) is 24.3 Å². The molecular formula is C21H16N6. The lowest BCUT2D eigenvalue weighted by molar-refractivity contribution is 1.02. The number of anilines is 2. The number of fused-ring (bicyclic) bond motifs is 3. The van der Waals surface area contributed by atoms with Gasteiger partial charge in [0.05, 0.1) is 5.52 Å². The predicted molar refractivity (Wildman–Crippen MR) is 106 cm³/mol. The number of para-hydroxylation sites is 1. The van der Waals surface area contributed by atoms with Crippen molar-refractivity contribution in [2.45, 2.75) is 6.92 Å². The van der Waals surface area contributed by atoms with Gasteiger partial charge in [0.2, 0.25) is 0 Å². The number of aryl methyl sites for hydroxylation is 1. The molecule has 1 N–H and O–H groups in total. The molecule has 5 rings (SSSR count). The van der Waals surface area contributed by atoms with Gasteiger partial charge in [-0.05, 0) is 54.4 Å². The van der Waals surface area contributed by atoms with Crippen LogP contribution in [0.1, 0.15) is 5.82 Å². The summed E-state index contributed by atoms with van der Waals surface area (Å²) in [7, 11) is 0. The molecule has 6 heteroatoms. The lowest BCUT2D eigenvalue weighted by Gasteiger charge is -2.12. The topological polar surface area (TPSA) is 68.0 Å². The molecule has 0 unspecified atom stereocenters. The van der Waals surface area contributed by atoms with Gasteiger partial charge in [0.25, 0.3) is 5.78 Å². The Hall–Kier alpha value is -3.80. The van der Waals surface area contributed by atoms with E-state index in [1.807, 2.05) is 53.8 Å². The SMILES string of the molecule is Cc1nnc2nc(Nc3ccccc3)c3cc(-c4ccncc4)ccc3n12. The van der Waals surface area contributed by atoms with E-state index in [9.17, 15) is 0 Å². The largest absolute Gasteiger partial charge is 0.340 e. The van der Waals surface area contributed by atoms with E-state index < -0.39 is 0 Å². The summed E-state index contributed by atoms with van der Waals surface area (Å²) < 4.78 is 1.97. The lowest BCUT2D eigenvalue weighted by Crippen LogP contribution is -2.01. The summed E-state index contributed by atoms with van der Waals surface area (Å²) in [5.41, 5.74) is 4.20. The Kier molecular flexibility index (Phi) is 3.53. The number of rotatable bonds is 3. The molecule has 0 saturated carbocycles. The van der Waals surface area contributed by atoms with Gasteiger partial charge in [-0.2, -0.15) is 4.98 Å². The first kappa shape index (κ1) is 15.5. The molecule has 0 radical (unpaired) electrons. The van der Waals surface area contributed by atoms with Crippen molar-refractivity contribution in [2.75, 3.05) is 5.32 Å². The average molecular weight is 352 g/mol. The Morgan fingerprint density at radius 2 is 1.67 bits per heavy atom. The highest BCUT2D eigenvalue weighted by Crippen LogP contribution is 2.30. The van der Waals surface area contributed by atoms with Crippen LogP contribution in [0, 0.1) is 6.92 Å². The molecule has 3 heterocycles. The van der Waals surface area contributed by atoms with Crippen molar-refractivity contribution in [3.8, 4) is 11.1 Å². The minimum Gasteiger partial charge on any atom is -0.340 e. The highest BCUT2D eigenvalue weighted by atomic mass is 15.3. The fourth-order valence-electron chi connectivity index (χ4n) is 3.26. The molecule has 130 valence electrons. The lowest BCUT2D eigenvalue weighted by atomic mass is 10.0. The number of pyridine rings is 1. The van der Waals surface area contributed by atoms with Crippen LogP contribution in [0.5, 0.6) is 0 Å². The quantitative estimate of drug-likeness (QED) is 0.521. The molecule has 0 aliphatic rings. The van der Waals surface area contributed by atoms with Crippen LogP contribution >= 0.6 is 0 Å². The van der Waals surface area contributed by atoms with Crippen molar-refractivity contribution in [3.63, 3.8) is 0 Å². The number of hydrogen-bond acceptors (Lipinski definition) is 5.